The van der Waals surface area contributed by atoms with Gasteiger partial charge >= 0.3 is 5.97 Å². The number of hydrogen-bond donors (Lipinski definition) is 0. The van der Waals surface area contributed by atoms with E-state index in [1.807, 2.05) is 6.07 Å². The van der Waals surface area contributed by atoms with Crippen LogP contribution >= 0.6 is 0 Å². The third-order valence-corrected chi connectivity index (χ3v) is 3.64. The Morgan fingerprint density at radius 3 is 2.33 bits per heavy atom. The van der Waals surface area contributed by atoms with Gasteiger partial charge in [-0.05, 0) is 42.0 Å². The van der Waals surface area contributed by atoms with Crippen molar-refractivity contribution in [1.82, 2.24) is 0 Å². The van der Waals surface area contributed by atoms with Crippen LogP contribution in [0.1, 0.15) is 16.7 Å². The second kappa shape index (κ2) is 9.25. The van der Waals surface area contributed by atoms with E-state index in [1.165, 1.54) is 45.6 Å². The third-order valence-electron chi connectivity index (χ3n) is 3.64. The predicted molar refractivity (Wildman–Crippen MR) is 96.0 cm³/mol. The van der Waals surface area contributed by atoms with Crippen LogP contribution in [-0.2, 0) is 16.1 Å². The average Bonchev–Trinajstić information content (AvgIpc) is 2.70. The summed E-state index contributed by atoms with van der Waals surface area (Å²) >= 11 is 0. The van der Waals surface area contributed by atoms with Crippen LogP contribution in [0.5, 0.6) is 17.2 Å². The Morgan fingerprint density at radius 2 is 1.78 bits per heavy atom. The Balaban J connectivity index is 2.10. The number of esters is 1. The zero-order valence-corrected chi connectivity index (χ0v) is 15.1. The summed E-state index contributed by atoms with van der Waals surface area (Å²) in [7, 11) is 4.47. The standard InChI is InChI=1S/C20H18FNO5/c1-24-17-9-13(10-18(25-2)20(17)26-3)5-7-19(23)27-12-15-8-14(11-22)4-6-16(15)21/h4-10H,12H2,1-3H3/b7-5+. The molecule has 0 aromatic heterocycles. The van der Waals surface area contributed by atoms with Crippen LogP contribution in [0.3, 0.4) is 0 Å². The van der Waals surface area contributed by atoms with Crippen LogP contribution in [-0.4, -0.2) is 27.3 Å². The van der Waals surface area contributed by atoms with Crippen molar-refractivity contribution in [2.45, 2.75) is 6.61 Å². The van der Waals surface area contributed by atoms with E-state index >= 15 is 0 Å². The first-order valence-corrected chi connectivity index (χ1v) is 7.85. The number of halogens is 1. The minimum absolute atomic E-state index is 0.128. The fourth-order valence-corrected chi connectivity index (χ4v) is 2.31. The van der Waals surface area contributed by atoms with Gasteiger partial charge in [-0.1, -0.05) is 0 Å². The topological polar surface area (TPSA) is 77.8 Å². The van der Waals surface area contributed by atoms with Crippen molar-refractivity contribution < 1.29 is 28.1 Å². The molecule has 0 aliphatic carbocycles. The van der Waals surface area contributed by atoms with E-state index in [4.69, 9.17) is 24.2 Å². The van der Waals surface area contributed by atoms with Crippen molar-refractivity contribution in [2.75, 3.05) is 21.3 Å². The first kappa shape index (κ1) is 19.8. The van der Waals surface area contributed by atoms with Gasteiger partial charge in [-0.3, -0.25) is 0 Å². The maximum atomic E-state index is 13.7. The molecule has 0 fully saturated rings. The minimum Gasteiger partial charge on any atom is -0.493 e. The fourth-order valence-electron chi connectivity index (χ4n) is 2.31. The van der Waals surface area contributed by atoms with Gasteiger partial charge in [0.05, 0.1) is 33.0 Å². The molecule has 0 amide bonds. The van der Waals surface area contributed by atoms with Crippen molar-refractivity contribution >= 4 is 12.0 Å². The molecule has 0 saturated carbocycles. The molecule has 0 N–H and O–H groups in total. The first-order valence-electron chi connectivity index (χ1n) is 7.85. The van der Waals surface area contributed by atoms with E-state index in [2.05, 4.69) is 0 Å². The number of carbonyl (C=O) groups is 1. The monoisotopic (exact) mass is 371 g/mol. The van der Waals surface area contributed by atoms with Gasteiger partial charge in [-0.15, -0.1) is 0 Å². The van der Waals surface area contributed by atoms with Crippen LogP contribution in [0, 0.1) is 17.1 Å². The largest absolute Gasteiger partial charge is 0.493 e. The molecule has 0 aliphatic rings. The quantitative estimate of drug-likeness (QED) is 0.548. The number of methoxy groups -OCH3 is 3. The van der Waals surface area contributed by atoms with Crippen molar-refractivity contribution in [3.05, 3.63) is 58.9 Å². The summed E-state index contributed by atoms with van der Waals surface area (Å²) in [6.45, 7) is -0.278. The molecule has 0 saturated heterocycles. The van der Waals surface area contributed by atoms with E-state index in [0.717, 1.165) is 6.07 Å². The van der Waals surface area contributed by atoms with Gasteiger partial charge < -0.3 is 18.9 Å². The van der Waals surface area contributed by atoms with E-state index < -0.39 is 11.8 Å². The second-order valence-electron chi connectivity index (χ2n) is 5.32. The Morgan fingerprint density at radius 1 is 1.11 bits per heavy atom. The molecular weight excluding hydrogens is 353 g/mol. The summed E-state index contributed by atoms with van der Waals surface area (Å²) < 4.78 is 34.4. The lowest BCUT2D eigenvalue weighted by Gasteiger charge is -2.12. The van der Waals surface area contributed by atoms with Gasteiger partial charge in [0, 0.05) is 11.6 Å². The summed E-state index contributed by atoms with van der Waals surface area (Å²) in [6.07, 6.45) is 2.71. The highest BCUT2D eigenvalue weighted by Gasteiger charge is 2.12. The second-order valence-corrected chi connectivity index (χ2v) is 5.32. The average molecular weight is 371 g/mol. The minimum atomic E-state index is -0.662. The van der Waals surface area contributed by atoms with Crippen molar-refractivity contribution in [2.24, 2.45) is 0 Å². The van der Waals surface area contributed by atoms with Crippen LogP contribution in [0.2, 0.25) is 0 Å². The molecule has 0 bridgehead atoms. The number of carbonyl (C=O) groups excluding carboxylic acids is 1. The molecule has 2 aromatic rings. The number of rotatable bonds is 7. The number of nitrogens with zero attached hydrogens (tertiary/aromatic N) is 1. The maximum Gasteiger partial charge on any atom is 0.331 e. The molecule has 2 aromatic carbocycles. The highest BCUT2D eigenvalue weighted by atomic mass is 19.1. The highest BCUT2D eigenvalue weighted by Crippen LogP contribution is 2.38. The summed E-state index contributed by atoms with van der Waals surface area (Å²) in [5, 5.41) is 8.84. The molecule has 6 nitrogen and oxygen atoms in total. The Bertz CT molecular complexity index is 877. The van der Waals surface area contributed by atoms with E-state index in [1.54, 1.807) is 12.1 Å². The highest BCUT2D eigenvalue weighted by molar-refractivity contribution is 5.87. The molecule has 0 radical (unpaired) electrons. The summed E-state index contributed by atoms with van der Waals surface area (Å²) in [5.74, 6) is 0.119. The normalized spacial score (nSPS) is 10.3. The van der Waals surface area contributed by atoms with Crippen molar-refractivity contribution in [1.29, 1.82) is 5.26 Å². The van der Waals surface area contributed by atoms with Crippen LogP contribution < -0.4 is 14.2 Å². The number of benzene rings is 2. The van der Waals surface area contributed by atoms with Crippen molar-refractivity contribution in [3.8, 4) is 23.3 Å². The molecule has 0 spiro atoms. The fraction of sp³-hybridized carbons (Fsp3) is 0.200. The van der Waals surface area contributed by atoms with Gasteiger partial charge in [0.1, 0.15) is 12.4 Å². The van der Waals surface area contributed by atoms with Crippen LogP contribution in [0.25, 0.3) is 6.08 Å². The summed E-state index contributed by atoms with van der Waals surface area (Å²) in [5.41, 5.74) is 1.04. The lowest BCUT2D eigenvalue weighted by Crippen LogP contribution is -2.03. The van der Waals surface area contributed by atoms with Gasteiger partial charge in [-0.2, -0.15) is 5.26 Å². The number of ether oxygens (including phenoxy) is 4. The van der Waals surface area contributed by atoms with Gasteiger partial charge in [0.2, 0.25) is 5.75 Å². The number of hydrogen-bond acceptors (Lipinski definition) is 6. The van der Waals surface area contributed by atoms with Gasteiger partial charge in [0.15, 0.2) is 11.5 Å². The van der Waals surface area contributed by atoms with E-state index in [0.29, 0.717) is 22.8 Å². The van der Waals surface area contributed by atoms with Crippen LogP contribution in [0.4, 0.5) is 4.39 Å². The summed E-state index contributed by atoms with van der Waals surface area (Å²) in [6, 6.07) is 9.09. The molecular formula is C20H18FNO5. The zero-order chi connectivity index (χ0) is 19.8. The molecule has 7 heteroatoms. The smallest absolute Gasteiger partial charge is 0.331 e. The van der Waals surface area contributed by atoms with Crippen molar-refractivity contribution in [3.63, 3.8) is 0 Å². The molecule has 27 heavy (non-hydrogen) atoms. The van der Waals surface area contributed by atoms with Crippen LogP contribution in [0.15, 0.2) is 36.4 Å². The van der Waals surface area contributed by atoms with Gasteiger partial charge in [-0.25, -0.2) is 9.18 Å². The third kappa shape index (κ3) is 4.98. The Kier molecular flexibility index (Phi) is 6.78. The predicted octanol–water partition coefficient (Wildman–Crippen LogP) is 3.48. The molecule has 0 atom stereocenters. The molecule has 0 heterocycles. The molecule has 2 rings (SSSR count). The number of nitriles is 1. The maximum absolute atomic E-state index is 13.7. The molecule has 140 valence electrons. The SMILES string of the molecule is COc1cc(/C=C/C(=O)OCc2cc(C#N)ccc2F)cc(OC)c1OC. The van der Waals surface area contributed by atoms with E-state index in [-0.39, 0.29) is 17.7 Å². The molecule has 0 unspecified atom stereocenters. The zero-order valence-electron chi connectivity index (χ0n) is 15.1. The Labute approximate surface area is 156 Å². The summed E-state index contributed by atoms with van der Waals surface area (Å²) in [4.78, 5) is 11.9. The first-order chi connectivity index (χ1) is 13.0. The Hall–Kier alpha value is -3.53. The lowest BCUT2D eigenvalue weighted by molar-refractivity contribution is -0.138. The van der Waals surface area contributed by atoms with E-state index in [9.17, 15) is 9.18 Å². The molecule has 0 aliphatic heterocycles. The lowest BCUT2D eigenvalue weighted by atomic mass is 10.1. The van der Waals surface area contributed by atoms with Gasteiger partial charge in [0.25, 0.3) is 0 Å².